The molecule has 1 aromatic rings. The van der Waals surface area contributed by atoms with Gasteiger partial charge in [-0.2, -0.15) is 0 Å². The molecule has 2 nitrogen and oxygen atoms in total. The van der Waals surface area contributed by atoms with Crippen molar-refractivity contribution in [3.8, 4) is 5.75 Å². The number of ether oxygens (including phenoxy) is 1. The van der Waals surface area contributed by atoms with Gasteiger partial charge >= 0.3 is 0 Å². The van der Waals surface area contributed by atoms with Gasteiger partial charge in [-0.05, 0) is 56.7 Å². The quantitative estimate of drug-likeness (QED) is 0.834. The standard InChI is InChI=1S/C16H24ClNO/c1-12(18)10-13-8-9-16(15(17)11-13)19-14-6-4-2-3-5-7-14/h8-9,11-12,14H,2-7,10,18H2,1H3. The molecule has 2 N–H and O–H groups in total. The van der Waals surface area contributed by atoms with Gasteiger partial charge in [0.2, 0.25) is 0 Å². The number of benzene rings is 1. The summed E-state index contributed by atoms with van der Waals surface area (Å²) in [5.74, 6) is 0.821. The summed E-state index contributed by atoms with van der Waals surface area (Å²) in [5.41, 5.74) is 6.98. The zero-order valence-electron chi connectivity index (χ0n) is 11.7. The number of hydrogen-bond acceptors (Lipinski definition) is 2. The van der Waals surface area contributed by atoms with E-state index in [0.717, 1.165) is 25.0 Å². The maximum atomic E-state index is 6.31. The third-order valence-electron chi connectivity index (χ3n) is 3.65. The minimum atomic E-state index is 0.157. The fourth-order valence-electron chi connectivity index (χ4n) is 2.68. The molecule has 1 fully saturated rings. The molecule has 0 spiro atoms. The lowest BCUT2D eigenvalue weighted by molar-refractivity contribution is 0.184. The van der Waals surface area contributed by atoms with Crippen LogP contribution in [0.3, 0.4) is 0 Å². The molecule has 0 amide bonds. The normalized spacial score (nSPS) is 18.9. The highest BCUT2D eigenvalue weighted by Crippen LogP contribution is 2.29. The average molecular weight is 282 g/mol. The lowest BCUT2D eigenvalue weighted by Crippen LogP contribution is -2.18. The molecule has 1 aliphatic rings. The predicted octanol–water partition coefficient (Wildman–Crippen LogP) is 4.33. The molecule has 0 radical (unpaired) electrons. The zero-order valence-corrected chi connectivity index (χ0v) is 12.5. The van der Waals surface area contributed by atoms with Gasteiger partial charge < -0.3 is 10.5 Å². The predicted molar refractivity (Wildman–Crippen MR) is 80.9 cm³/mol. The lowest BCUT2D eigenvalue weighted by atomic mass is 10.1. The van der Waals surface area contributed by atoms with Gasteiger partial charge in [-0.1, -0.05) is 30.5 Å². The van der Waals surface area contributed by atoms with Gasteiger partial charge in [-0.15, -0.1) is 0 Å². The number of nitrogens with two attached hydrogens (primary N) is 1. The van der Waals surface area contributed by atoms with Crippen LogP contribution in [0.4, 0.5) is 0 Å². The second-order valence-electron chi connectivity index (χ2n) is 5.68. The van der Waals surface area contributed by atoms with Crippen LogP contribution in [0, 0.1) is 0 Å². The van der Waals surface area contributed by atoms with Crippen molar-refractivity contribution in [1.82, 2.24) is 0 Å². The Hall–Kier alpha value is -0.730. The molecule has 1 unspecified atom stereocenters. The van der Waals surface area contributed by atoms with Gasteiger partial charge in [0.25, 0.3) is 0 Å². The van der Waals surface area contributed by atoms with Crippen molar-refractivity contribution in [2.24, 2.45) is 5.73 Å². The van der Waals surface area contributed by atoms with Crippen molar-refractivity contribution in [3.05, 3.63) is 28.8 Å². The summed E-state index contributed by atoms with van der Waals surface area (Å²) in [4.78, 5) is 0. The largest absolute Gasteiger partial charge is 0.489 e. The first-order valence-electron chi connectivity index (χ1n) is 7.36. The molecule has 0 saturated heterocycles. The van der Waals surface area contributed by atoms with E-state index in [9.17, 15) is 0 Å². The molecule has 3 heteroatoms. The highest BCUT2D eigenvalue weighted by Gasteiger charge is 2.15. The van der Waals surface area contributed by atoms with E-state index < -0.39 is 0 Å². The van der Waals surface area contributed by atoms with Crippen molar-refractivity contribution in [2.45, 2.75) is 64.0 Å². The maximum Gasteiger partial charge on any atom is 0.138 e. The SMILES string of the molecule is CC(N)Cc1ccc(OC2CCCCCC2)c(Cl)c1. The molecule has 0 heterocycles. The van der Waals surface area contributed by atoms with Crippen molar-refractivity contribution >= 4 is 11.6 Å². The Morgan fingerprint density at radius 3 is 2.53 bits per heavy atom. The minimum absolute atomic E-state index is 0.157. The highest BCUT2D eigenvalue weighted by molar-refractivity contribution is 6.32. The average Bonchev–Trinajstić information content (AvgIpc) is 2.60. The van der Waals surface area contributed by atoms with Crippen LogP contribution in [0.25, 0.3) is 0 Å². The summed E-state index contributed by atoms with van der Waals surface area (Å²) in [6, 6.07) is 6.20. The Morgan fingerprint density at radius 2 is 1.95 bits per heavy atom. The summed E-state index contributed by atoms with van der Waals surface area (Å²) in [7, 11) is 0. The van der Waals surface area contributed by atoms with E-state index in [2.05, 4.69) is 6.07 Å². The number of rotatable bonds is 4. The van der Waals surface area contributed by atoms with E-state index in [4.69, 9.17) is 22.1 Å². The van der Waals surface area contributed by atoms with Crippen LogP contribution in [0.15, 0.2) is 18.2 Å². The first-order valence-corrected chi connectivity index (χ1v) is 7.73. The van der Waals surface area contributed by atoms with E-state index in [1.54, 1.807) is 0 Å². The minimum Gasteiger partial charge on any atom is -0.489 e. The summed E-state index contributed by atoms with van der Waals surface area (Å²) in [6.45, 7) is 2.00. The van der Waals surface area contributed by atoms with Gasteiger partial charge in [-0.25, -0.2) is 0 Å². The van der Waals surface area contributed by atoms with Gasteiger partial charge in [0.05, 0.1) is 11.1 Å². The van der Waals surface area contributed by atoms with Crippen LogP contribution in [0.1, 0.15) is 51.0 Å². The van der Waals surface area contributed by atoms with Crippen LogP contribution < -0.4 is 10.5 Å². The summed E-state index contributed by atoms with van der Waals surface area (Å²) >= 11 is 6.31. The van der Waals surface area contributed by atoms with Crippen molar-refractivity contribution in [1.29, 1.82) is 0 Å². The Bertz CT molecular complexity index is 398. The van der Waals surface area contributed by atoms with Crippen molar-refractivity contribution < 1.29 is 4.74 Å². The maximum absolute atomic E-state index is 6.31. The Labute approximate surface area is 121 Å². The first kappa shape index (κ1) is 14.7. The van der Waals surface area contributed by atoms with Crippen LogP contribution in [-0.2, 0) is 6.42 Å². The topological polar surface area (TPSA) is 35.2 Å². The first-order chi connectivity index (χ1) is 9.15. The lowest BCUT2D eigenvalue weighted by Gasteiger charge is -2.18. The number of halogens is 1. The third-order valence-corrected chi connectivity index (χ3v) is 3.95. The van der Waals surface area contributed by atoms with E-state index >= 15 is 0 Å². The number of hydrogen-bond donors (Lipinski definition) is 1. The van der Waals surface area contributed by atoms with Crippen molar-refractivity contribution in [2.75, 3.05) is 0 Å². The molecule has 1 aromatic carbocycles. The van der Waals surface area contributed by atoms with Gasteiger partial charge in [-0.3, -0.25) is 0 Å². The van der Waals surface area contributed by atoms with Gasteiger partial charge in [0.1, 0.15) is 5.75 Å². The van der Waals surface area contributed by atoms with Crippen LogP contribution in [-0.4, -0.2) is 12.1 Å². The Kier molecular flexibility index (Phi) is 5.53. The molecule has 1 saturated carbocycles. The van der Waals surface area contributed by atoms with Crippen LogP contribution >= 0.6 is 11.6 Å². The Morgan fingerprint density at radius 1 is 1.26 bits per heavy atom. The smallest absolute Gasteiger partial charge is 0.138 e. The second-order valence-corrected chi connectivity index (χ2v) is 6.08. The van der Waals surface area contributed by atoms with E-state index in [1.807, 2.05) is 19.1 Å². The Balaban J connectivity index is 1.99. The molecule has 2 rings (SSSR count). The fraction of sp³-hybridized carbons (Fsp3) is 0.625. The summed E-state index contributed by atoms with van der Waals surface area (Å²) in [6.07, 6.45) is 8.69. The monoisotopic (exact) mass is 281 g/mol. The molecular weight excluding hydrogens is 258 g/mol. The molecular formula is C16H24ClNO. The highest BCUT2D eigenvalue weighted by atomic mass is 35.5. The molecule has 1 atom stereocenters. The fourth-order valence-corrected chi connectivity index (χ4v) is 2.93. The van der Waals surface area contributed by atoms with Crippen LogP contribution in [0.5, 0.6) is 5.75 Å². The molecule has 0 bridgehead atoms. The van der Waals surface area contributed by atoms with E-state index in [0.29, 0.717) is 11.1 Å². The molecule has 0 aliphatic heterocycles. The molecule has 19 heavy (non-hydrogen) atoms. The van der Waals surface area contributed by atoms with Gasteiger partial charge in [0, 0.05) is 6.04 Å². The third kappa shape index (κ3) is 4.70. The molecule has 106 valence electrons. The zero-order chi connectivity index (χ0) is 13.7. The van der Waals surface area contributed by atoms with Gasteiger partial charge in [0.15, 0.2) is 0 Å². The molecule has 0 aromatic heterocycles. The van der Waals surface area contributed by atoms with E-state index in [1.165, 1.54) is 31.2 Å². The van der Waals surface area contributed by atoms with E-state index in [-0.39, 0.29) is 6.04 Å². The van der Waals surface area contributed by atoms with Crippen molar-refractivity contribution in [3.63, 3.8) is 0 Å². The second kappa shape index (κ2) is 7.16. The van der Waals surface area contributed by atoms with Crippen LogP contribution in [0.2, 0.25) is 5.02 Å². The summed E-state index contributed by atoms with van der Waals surface area (Å²) < 4.78 is 6.06. The summed E-state index contributed by atoms with van der Waals surface area (Å²) in [5, 5.41) is 0.711. The molecule has 1 aliphatic carbocycles.